The molecule has 1 heterocycles. The summed E-state index contributed by atoms with van der Waals surface area (Å²) in [6, 6.07) is 0. The van der Waals surface area contributed by atoms with E-state index in [4.69, 9.17) is 15.3 Å². The molecule has 1 rings (SSSR count). The molecule has 0 aromatic heterocycles. The molecule has 0 atom stereocenters. The van der Waals surface area contributed by atoms with Crippen molar-refractivity contribution in [2.45, 2.75) is 0 Å². The van der Waals surface area contributed by atoms with Gasteiger partial charge in [-0.3, -0.25) is 0 Å². The lowest BCUT2D eigenvalue weighted by Crippen LogP contribution is -2.67. The van der Waals surface area contributed by atoms with Gasteiger partial charge in [-0.15, -0.1) is 0 Å². The van der Waals surface area contributed by atoms with Crippen LogP contribution in [0.5, 0.6) is 0 Å². The number of nitrogens with zero attached hydrogens (tertiary/aromatic N) is 2. The largest absolute Gasteiger partial charge is 0.391 e. The predicted molar refractivity (Wildman–Crippen MR) is 61.8 cm³/mol. The lowest BCUT2D eigenvalue weighted by Gasteiger charge is -2.47. The number of piperazine rings is 1. The van der Waals surface area contributed by atoms with E-state index in [0.717, 1.165) is 54.8 Å². The molecule has 0 unspecified atom stereocenters. The Morgan fingerprint density at radius 3 is 1.56 bits per heavy atom. The summed E-state index contributed by atoms with van der Waals surface area (Å²) in [5, 5.41) is 27.2. The van der Waals surface area contributed by atoms with Crippen LogP contribution in [0.2, 0.25) is 0 Å². The van der Waals surface area contributed by atoms with Gasteiger partial charge < -0.3 is 24.3 Å². The van der Waals surface area contributed by atoms with E-state index in [1.165, 1.54) is 0 Å². The van der Waals surface area contributed by atoms with E-state index < -0.39 is 0 Å². The molecular formula is C11H26N2O3+2. The molecule has 96 valence electrons. The van der Waals surface area contributed by atoms with Crippen LogP contribution >= 0.6 is 0 Å². The minimum atomic E-state index is 0.184. The standard InChI is InChI=1S/C11H26N2O3/c1-12(6-9-14)2-4-13(5-3-12,7-10-15)8-11-16/h14-16H,2-11H2,1H3/q+2. The van der Waals surface area contributed by atoms with Crippen molar-refractivity contribution < 1.29 is 24.3 Å². The molecule has 1 saturated heterocycles. The number of likely N-dealkylation sites (N-methyl/N-ethyl adjacent to an activating group) is 1. The minimum Gasteiger partial charge on any atom is -0.391 e. The summed E-state index contributed by atoms with van der Waals surface area (Å²) in [6.07, 6.45) is 0. The lowest BCUT2D eigenvalue weighted by molar-refractivity contribution is -1.02. The first-order valence-corrected chi connectivity index (χ1v) is 6.11. The molecule has 1 aliphatic rings. The van der Waals surface area contributed by atoms with Gasteiger partial charge in [0.1, 0.15) is 45.8 Å². The van der Waals surface area contributed by atoms with Gasteiger partial charge in [0.2, 0.25) is 0 Å². The quantitative estimate of drug-likeness (QED) is 0.477. The van der Waals surface area contributed by atoms with Crippen molar-refractivity contribution in [3.63, 3.8) is 0 Å². The molecule has 0 radical (unpaired) electrons. The van der Waals surface area contributed by atoms with Crippen molar-refractivity contribution in [2.75, 3.05) is 72.7 Å². The second-order valence-corrected chi connectivity index (χ2v) is 5.20. The first kappa shape index (κ1) is 13.9. The van der Waals surface area contributed by atoms with Gasteiger partial charge in [0.25, 0.3) is 0 Å². The molecule has 0 aromatic carbocycles. The van der Waals surface area contributed by atoms with E-state index >= 15 is 0 Å². The van der Waals surface area contributed by atoms with Crippen molar-refractivity contribution in [3.8, 4) is 0 Å². The number of rotatable bonds is 6. The van der Waals surface area contributed by atoms with Crippen LogP contribution in [0.25, 0.3) is 0 Å². The average Bonchev–Trinajstić information content (AvgIpc) is 2.24. The highest BCUT2D eigenvalue weighted by Crippen LogP contribution is 2.17. The summed E-state index contributed by atoms with van der Waals surface area (Å²) in [6.45, 7) is 6.87. The molecule has 16 heavy (non-hydrogen) atoms. The predicted octanol–water partition coefficient (Wildman–Crippen LogP) is -1.76. The Kier molecular flexibility index (Phi) is 5.14. The molecule has 0 saturated carbocycles. The highest BCUT2D eigenvalue weighted by atomic mass is 16.3. The van der Waals surface area contributed by atoms with Crippen LogP contribution in [0.4, 0.5) is 0 Å². The van der Waals surface area contributed by atoms with Crippen LogP contribution in [0.15, 0.2) is 0 Å². The molecule has 0 spiro atoms. The number of quaternary nitrogens is 2. The van der Waals surface area contributed by atoms with Crippen molar-refractivity contribution in [2.24, 2.45) is 0 Å². The maximum atomic E-state index is 9.10. The fourth-order valence-corrected chi connectivity index (χ4v) is 2.58. The Morgan fingerprint density at radius 2 is 1.19 bits per heavy atom. The highest BCUT2D eigenvalue weighted by Gasteiger charge is 2.38. The fraction of sp³-hybridized carbons (Fsp3) is 1.00. The zero-order chi connectivity index (χ0) is 12.1. The van der Waals surface area contributed by atoms with Crippen LogP contribution in [0.1, 0.15) is 0 Å². The van der Waals surface area contributed by atoms with Gasteiger partial charge in [-0.05, 0) is 0 Å². The van der Waals surface area contributed by atoms with Crippen LogP contribution < -0.4 is 0 Å². The zero-order valence-corrected chi connectivity index (χ0v) is 10.3. The summed E-state index contributed by atoms with van der Waals surface area (Å²) in [5.74, 6) is 0. The smallest absolute Gasteiger partial charge is 0.129 e. The highest BCUT2D eigenvalue weighted by molar-refractivity contribution is 4.53. The SMILES string of the molecule is C[N+]1(CCO)CC[N+](CCO)(CCO)CC1. The molecule has 5 heteroatoms. The molecule has 0 bridgehead atoms. The van der Waals surface area contributed by atoms with E-state index in [-0.39, 0.29) is 19.8 Å². The molecule has 1 fully saturated rings. The Bertz CT molecular complexity index is 195. The van der Waals surface area contributed by atoms with Crippen molar-refractivity contribution in [1.29, 1.82) is 0 Å². The second-order valence-electron chi connectivity index (χ2n) is 5.20. The van der Waals surface area contributed by atoms with E-state index in [2.05, 4.69) is 7.05 Å². The number of aliphatic hydroxyl groups excluding tert-OH is 3. The van der Waals surface area contributed by atoms with Gasteiger partial charge in [-0.2, -0.15) is 0 Å². The van der Waals surface area contributed by atoms with Crippen LogP contribution in [0.3, 0.4) is 0 Å². The zero-order valence-electron chi connectivity index (χ0n) is 10.3. The minimum absolute atomic E-state index is 0.184. The third-order valence-electron chi connectivity index (χ3n) is 4.02. The van der Waals surface area contributed by atoms with Crippen LogP contribution in [-0.4, -0.2) is 97.0 Å². The maximum Gasteiger partial charge on any atom is 0.129 e. The van der Waals surface area contributed by atoms with E-state index in [0.29, 0.717) is 0 Å². The summed E-state index contributed by atoms with van der Waals surface area (Å²) in [5.41, 5.74) is 0. The fourth-order valence-electron chi connectivity index (χ4n) is 2.58. The summed E-state index contributed by atoms with van der Waals surface area (Å²) in [4.78, 5) is 0. The number of hydrogen-bond donors (Lipinski definition) is 3. The van der Waals surface area contributed by atoms with Crippen molar-refractivity contribution >= 4 is 0 Å². The molecule has 0 aliphatic carbocycles. The van der Waals surface area contributed by atoms with Crippen molar-refractivity contribution in [3.05, 3.63) is 0 Å². The normalized spacial score (nSPS) is 23.2. The van der Waals surface area contributed by atoms with E-state index in [1.54, 1.807) is 0 Å². The van der Waals surface area contributed by atoms with Gasteiger partial charge in [0.05, 0.1) is 26.9 Å². The summed E-state index contributed by atoms with van der Waals surface area (Å²) in [7, 11) is 2.17. The third-order valence-corrected chi connectivity index (χ3v) is 4.02. The second kappa shape index (κ2) is 5.93. The molecular weight excluding hydrogens is 208 g/mol. The molecule has 1 aliphatic heterocycles. The van der Waals surface area contributed by atoms with Gasteiger partial charge in [-0.25, -0.2) is 0 Å². The van der Waals surface area contributed by atoms with E-state index in [9.17, 15) is 0 Å². The number of aliphatic hydroxyl groups is 3. The van der Waals surface area contributed by atoms with Crippen molar-refractivity contribution in [1.82, 2.24) is 0 Å². The van der Waals surface area contributed by atoms with Gasteiger partial charge >= 0.3 is 0 Å². The molecule has 5 nitrogen and oxygen atoms in total. The third kappa shape index (κ3) is 3.40. The average molecular weight is 234 g/mol. The molecule has 0 amide bonds. The Morgan fingerprint density at radius 1 is 0.750 bits per heavy atom. The number of hydrogen-bond acceptors (Lipinski definition) is 3. The Balaban J connectivity index is 2.54. The van der Waals surface area contributed by atoms with Gasteiger partial charge in [-0.1, -0.05) is 0 Å². The Hall–Kier alpha value is -0.200. The van der Waals surface area contributed by atoms with Gasteiger partial charge in [0, 0.05) is 0 Å². The first-order valence-electron chi connectivity index (χ1n) is 6.11. The Labute approximate surface area is 97.7 Å². The summed E-state index contributed by atoms with van der Waals surface area (Å²) >= 11 is 0. The molecule has 0 aromatic rings. The molecule has 3 N–H and O–H groups in total. The maximum absolute atomic E-state index is 9.10. The van der Waals surface area contributed by atoms with Crippen LogP contribution in [0, 0.1) is 0 Å². The first-order chi connectivity index (χ1) is 7.60. The van der Waals surface area contributed by atoms with Gasteiger partial charge in [0.15, 0.2) is 0 Å². The summed E-state index contributed by atoms with van der Waals surface area (Å²) < 4.78 is 1.74. The van der Waals surface area contributed by atoms with E-state index in [1.807, 2.05) is 0 Å². The van der Waals surface area contributed by atoms with Crippen LogP contribution in [-0.2, 0) is 0 Å². The lowest BCUT2D eigenvalue weighted by atomic mass is 10.2. The monoisotopic (exact) mass is 234 g/mol. The topological polar surface area (TPSA) is 60.7 Å².